The van der Waals surface area contributed by atoms with Crippen molar-refractivity contribution >= 4 is 17.4 Å². The van der Waals surface area contributed by atoms with E-state index in [1.807, 2.05) is 31.2 Å². The molecule has 0 aliphatic rings. The van der Waals surface area contributed by atoms with Crippen LogP contribution in [0.5, 0.6) is 11.5 Å². The van der Waals surface area contributed by atoms with Gasteiger partial charge in [0.1, 0.15) is 11.5 Å². The van der Waals surface area contributed by atoms with Crippen LogP contribution in [0.3, 0.4) is 0 Å². The summed E-state index contributed by atoms with van der Waals surface area (Å²) in [7, 11) is 3.21. The van der Waals surface area contributed by atoms with Crippen molar-refractivity contribution in [3.8, 4) is 11.5 Å². The Bertz CT molecular complexity index is 738. The number of Topliss-reactive ketones (excluding diaryl/α,β-unsaturated/α-hetero) is 1. The lowest BCUT2D eigenvalue weighted by molar-refractivity contribution is -0.134. The molecule has 0 unspecified atom stereocenters. The van der Waals surface area contributed by atoms with Gasteiger partial charge in [-0.2, -0.15) is 0 Å². The summed E-state index contributed by atoms with van der Waals surface area (Å²) in [5, 5.41) is 2.64. The molecule has 0 saturated heterocycles. The fraction of sp³-hybridized carbons (Fsp3) is 0.300. The lowest BCUT2D eigenvalue weighted by Gasteiger charge is -2.08. The molecule has 1 N–H and O–H groups in total. The number of anilines is 1. The van der Waals surface area contributed by atoms with Crippen molar-refractivity contribution in [3.05, 3.63) is 53.6 Å². The Kier molecular flexibility index (Phi) is 6.57. The first-order chi connectivity index (χ1) is 12.0. The predicted octanol–water partition coefficient (Wildman–Crippen LogP) is 3.54. The lowest BCUT2D eigenvalue weighted by atomic mass is 10.1. The molecule has 5 heteroatoms. The maximum absolute atomic E-state index is 12.0. The Morgan fingerprint density at radius 3 is 2.32 bits per heavy atom. The highest BCUT2D eigenvalue weighted by Crippen LogP contribution is 2.21. The Labute approximate surface area is 148 Å². The Morgan fingerprint density at radius 2 is 1.72 bits per heavy atom. The van der Waals surface area contributed by atoms with Crippen LogP contribution in [-0.4, -0.2) is 25.9 Å². The molecule has 2 aromatic carbocycles. The third-order valence-electron chi connectivity index (χ3n) is 3.93. The SMILES string of the molecule is COc1ccc(CCCC(=O)C(=O)Nc2ccc(OC)c(C)c2)cc1. The molecular weight excluding hydrogens is 318 g/mol. The molecule has 2 rings (SSSR count). The smallest absolute Gasteiger partial charge is 0.291 e. The van der Waals surface area contributed by atoms with Crippen molar-refractivity contribution in [2.75, 3.05) is 19.5 Å². The minimum Gasteiger partial charge on any atom is -0.497 e. The zero-order valence-electron chi connectivity index (χ0n) is 14.8. The van der Waals surface area contributed by atoms with Crippen molar-refractivity contribution in [3.63, 3.8) is 0 Å². The fourth-order valence-electron chi connectivity index (χ4n) is 2.52. The molecule has 0 spiro atoms. The average molecular weight is 341 g/mol. The summed E-state index contributed by atoms with van der Waals surface area (Å²) in [6.07, 6.45) is 1.58. The number of hydrogen-bond acceptors (Lipinski definition) is 4. The van der Waals surface area contributed by atoms with E-state index in [1.165, 1.54) is 0 Å². The van der Waals surface area contributed by atoms with Crippen LogP contribution in [0.25, 0.3) is 0 Å². The summed E-state index contributed by atoms with van der Waals surface area (Å²) in [6.45, 7) is 1.88. The van der Waals surface area contributed by atoms with E-state index >= 15 is 0 Å². The maximum atomic E-state index is 12.0. The van der Waals surface area contributed by atoms with E-state index in [4.69, 9.17) is 9.47 Å². The van der Waals surface area contributed by atoms with E-state index in [1.54, 1.807) is 32.4 Å². The number of ketones is 1. The first-order valence-corrected chi connectivity index (χ1v) is 8.15. The highest BCUT2D eigenvalue weighted by atomic mass is 16.5. The summed E-state index contributed by atoms with van der Waals surface area (Å²) in [5.41, 5.74) is 2.60. The van der Waals surface area contributed by atoms with Gasteiger partial charge >= 0.3 is 0 Å². The van der Waals surface area contributed by atoms with E-state index < -0.39 is 11.7 Å². The monoisotopic (exact) mass is 341 g/mol. The van der Waals surface area contributed by atoms with Gasteiger partial charge in [0.2, 0.25) is 5.78 Å². The molecule has 1 amide bonds. The summed E-state index contributed by atoms with van der Waals surface area (Å²) in [4.78, 5) is 24.0. The molecule has 0 fully saturated rings. The number of methoxy groups -OCH3 is 2. The standard InChI is InChI=1S/C20H23NO4/c1-14-13-16(9-12-19(14)25-3)21-20(23)18(22)6-4-5-15-7-10-17(24-2)11-8-15/h7-13H,4-6H2,1-3H3,(H,21,23). The van der Waals surface area contributed by atoms with Crippen LogP contribution >= 0.6 is 0 Å². The lowest BCUT2D eigenvalue weighted by Crippen LogP contribution is -2.22. The number of aryl methyl sites for hydroxylation is 2. The van der Waals surface area contributed by atoms with Crippen molar-refractivity contribution in [1.82, 2.24) is 0 Å². The van der Waals surface area contributed by atoms with Gasteiger partial charge in [-0.3, -0.25) is 9.59 Å². The van der Waals surface area contributed by atoms with Crippen LogP contribution in [0.4, 0.5) is 5.69 Å². The fourth-order valence-corrected chi connectivity index (χ4v) is 2.52. The quantitative estimate of drug-likeness (QED) is 0.746. The van der Waals surface area contributed by atoms with E-state index in [2.05, 4.69) is 5.32 Å². The predicted molar refractivity (Wildman–Crippen MR) is 97.3 cm³/mol. The van der Waals surface area contributed by atoms with E-state index in [-0.39, 0.29) is 6.42 Å². The molecule has 0 aromatic heterocycles. The molecular formula is C20H23NO4. The van der Waals surface area contributed by atoms with Crippen LogP contribution in [-0.2, 0) is 16.0 Å². The Morgan fingerprint density at radius 1 is 1.00 bits per heavy atom. The largest absolute Gasteiger partial charge is 0.497 e. The van der Waals surface area contributed by atoms with Gasteiger partial charge in [-0.05, 0) is 61.2 Å². The average Bonchev–Trinajstić information content (AvgIpc) is 2.62. The molecule has 0 aliphatic carbocycles. The van der Waals surface area contributed by atoms with Crippen LogP contribution in [0.15, 0.2) is 42.5 Å². The molecule has 25 heavy (non-hydrogen) atoms. The van der Waals surface area contributed by atoms with Crippen LogP contribution in [0.1, 0.15) is 24.0 Å². The molecule has 0 radical (unpaired) electrons. The number of carbonyl (C=O) groups excluding carboxylic acids is 2. The second-order valence-electron chi connectivity index (χ2n) is 5.76. The Hall–Kier alpha value is -2.82. The third-order valence-corrected chi connectivity index (χ3v) is 3.93. The van der Waals surface area contributed by atoms with Crippen molar-refractivity contribution in [2.45, 2.75) is 26.2 Å². The van der Waals surface area contributed by atoms with E-state index in [9.17, 15) is 9.59 Å². The van der Waals surface area contributed by atoms with E-state index in [0.29, 0.717) is 12.1 Å². The highest BCUT2D eigenvalue weighted by molar-refractivity contribution is 6.40. The number of benzene rings is 2. The third kappa shape index (κ3) is 5.35. The highest BCUT2D eigenvalue weighted by Gasteiger charge is 2.14. The van der Waals surface area contributed by atoms with Crippen molar-refractivity contribution < 1.29 is 19.1 Å². The number of rotatable bonds is 8. The maximum Gasteiger partial charge on any atom is 0.291 e. The molecule has 132 valence electrons. The molecule has 0 heterocycles. The summed E-state index contributed by atoms with van der Waals surface area (Å²) < 4.78 is 10.3. The van der Waals surface area contributed by atoms with Gasteiger partial charge in [-0.1, -0.05) is 12.1 Å². The molecule has 0 saturated carbocycles. The topological polar surface area (TPSA) is 64.6 Å². The summed E-state index contributed by atoms with van der Waals surface area (Å²) in [6, 6.07) is 13.0. The van der Waals surface area contributed by atoms with Crippen LogP contribution in [0.2, 0.25) is 0 Å². The minimum atomic E-state index is -0.584. The number of hydrogen-bond donors (Lipinski definition) is 1. The summed E-state index contributed by atoms with van der Waals surface area (Å²) in [5.74, 6) is 0.541. The molecule has 0 bridgehead atoms. The van der Waals surface area contributed by atoms with Crippen LogP contribution in [0, 0.1) is 6.92 Å². The molecule has 5 nitrogen and oxygen atoms in total. The second-order valence-corrected chi connectivity index (χ2v) is 5.76. The normalized spacial score (nSPS) is 10.2. The zero-order chi connectivity index (χ0) is 18.2. The van der Waals surface area contributed by atoms with Crippen LogP contribution < -0.4 is 14.8 Å². The first-order valence-electron chi connectivity index (χ1n) is 8.15. The summed E-state index contributed by atoms with van der Waals surface area (Å²) >= 11 is 0. The van der Waals surface area contributed by atoms with Gasteiger partial charge < -0.3 is 14.8 Å². The second kappa shape index (κ2) is 8.87. The van der Waals surface area contributed by atoms with Crippen molar-refractivity contribution in [2.24, 2.45) is 0 Å². The zero-order valence-corrected chi connectivity index (χ0v) is 14.8. The van der Waals surface area contributed by atoms with Gasteiger partial charge in [0.15, 0.2) is 0 Å². The van der Waals surface area contributed by atoms with Gasteiger partial charge in [-0.15, -0.1) is 0 Å². The first kappa shape index (κ1) is 18.5. The van der Waals surface area contributed by atoms with Gasteiger partial charge in [0.05, 0.1) is 14.2 Å². The van der Waals surface area contributed by atoms with E-state index in [0.717, 1.165) is 29.0 Å². The van der Waals surface area contributed by atoms with Crippen molar-refractivity contribution in [1.29, 1.82) is 0 Å². The van der Waals surface area contributed by atoms with Gasteiger partial charge in [0.25, 0.3) is 5.91 Å². The number of ether oxygens (including phenoxy) is 2. The Balaban J connectivity index is 1.81. The molecule has 0 aliphatic heterocycles. The number of carbonyl (C=O) groups is 2. The van der Waals surface area contributed by atoms with Gasteiger partial charge in [-0.25, -0.2) is 0 Å². The minimum absolute atomic E-state index is 0.215. The molecule has 0 atom stereocenters. The number of amides is 1. The number of nitrogens with one attached hydrogen (secondary N) is 1. The molecule has 2 aromatic rings. The van der Waals surface area contributed by atoms with Gasteiger partial charge in [0, 0.05) is 12.1 Å².